The first-order valence-electron chi connectivity index (χ1n) is 9.75. The molecule has 0 aliphatic carbocycles. The summed E-state index contributed by atoms with van der Waals surface area (Å²) in [6.45, 7) is 0.709. The average molecular weight is 420 g/mol. The minimum Gasteiger partial charge on any atom is -0.487 e. The van der Waals surface area contributed by atoms with Crippen LogP contribution in [0.25, 0.3) is 21.5 Å². The highest BCUT2D eigenvalue weighted by Gasteiger charge is 2.33. The molecule has 152 valence electrons. The number of aromatic nitrogens is 3. The van der Waals surface area contributed by atoms with Crippen LogP contribution >= 0.6 is 11.3 Å². The molecule has 7 nitrogen and oxygen atoms in total. The monoisotopic (exact) mass is 420 g/mol. The summed E-state index contributed by atoms with van der Waals surface area (Å²) in [5.74, 6) is 0.554. The van der Waals surface area contributed by atoms with E-state index in [1.807, 2.05) is 47.8 Å². The second-order valence-corrected chi connectivity index (χ2v) is 8.17. The van der Waals surface area contributed by atoms with E-state index < -0.39 is 6.10 Å². The van der Waals surface area contributed by atoms with Gasteiger partial charge in [0.05, 0.1) is 34.4 Å². The molecule has 1 amide bonds. The van der Waals surface area contributed by atoms with Crippen molar-refractivity contribution in [2.24, 2.45) is 0 Å². The first-order valence-corrected chi connectivity index (χ1v) is 10.6. The van der Waals surface area contributed by atoms with Gasteiger partial charge in [-0.1, -0.05) is 12.1 Å². The Morgan fingerprint density at radius 1 is 1.23 bits per heavy atom. The maximum atomic E-state index is 13.1. The van der Waals surface area contributed by atoms with E-state index >= 15 is 0 Å². The lowest BCUT2D eigenvalue weighted by Gasteiger charge is -2.36. The third-order valence-electron chi connectivity index (χ3n) is 5.33. The van der Waals surface area contributed by atoms with Gasteiger partial charge in [0.25, 0.3) is 5.91 Å². The number of hydrogen-bond donors (Lipinski definition) is 2. The summed E-state index contributed by atoms with van der Waals surface area (Å²) in [5, 5.41) is 20.6. The number of ether oxygens (including phenoxy) is 1. The van der Waals surface area contributed by atoms with Gasteiger partial charge in [0, 0.05) is 24.5 Å². The summed E-state index contributed by atoms with van der Waals surface area (Å²) in [6, 6.07) is 13.4. The Balaban J connectivity index is 1.30. The predicted molar refractivity (Wildman–Crippen MR) is 115 cm³/mol. The van der Waals surface area contributed by atoms with Crippen LogP contribution in [0.4, 0.5) is 0 Å². The SMILES string of the molecule is O=C(c1cn[nH]c1-c1cccs1)N1CC[C@@H](Oc2cccc3ncccc23)[C@H](O)C1. The van der Waals surface area contributed by atoms with E-state index in [-0.39, 0.29) is 18.6 Å². The molecule has 0 unspecified atom stereocenters. The first kappa shape index (κ1) is 18.8. The molecule has 0 radical (unpaired) electrons. The number of nitrogens with one attached hydrogen (secondary N) is 1. The Kier molecular flexibility index (Phi) is 4.94. The second-order valence-electron chi connectivity index (χ2n) is 7.23. The van der Waals surface area contributed by atoms with Crippen LogP contribution < -0.4 is 4.74 Å². The molecule has 5 rings (SSSR count). The minimum absolute atomic E-state index is 0.140. The van der Waals surface area contributed by atoms with Gasteiger partial charge in [-0.15, -0.1) is 11.3 Å². The molecule has 4 heterocycles. The molecule has 1 fully saturated rings. The molecule has 0 saturated carbocycles. The number of piperidine rings is 1. The van der Waals surface area contributed by atoms with Crippen molar-refractivity contribution < 1.29 is 14.6 Å². The molecule has 3 aromatic heterocycles. The molecular formula is C22H20N4O3S. The lowest BCUT2D eigenvalue weighted by molar-refractivity contribution is -0.0192. The summed E-state index contributed by atoms with van der Waals surface area (Å²) >= 11 is 1.55. The molecule has 2 N–H and O–H groups in total. The number of β-amino-alcohol motifs (C(OH)–C–C–N with tert-alkyl or cyclic N) is 1. The van der Waals surface area contributed by atoms with Crippen molar-refractivity contribution in [3.05, 3.63) is 65.8 Å². The maximum absolute atomic E-state index is 13.1. The van der Waals surface area contributed by atoms with E-state index in [4.69, 9.17) is 4.74 Å². The van der Waals surface area contributed by atoms with Crippen LogP contribution in [0.15, 0.2) is 60.2 Å². The van der Waals surface area contributed by atoms with E-state index in [2.05, 4.69) is 15.2 Å². The van der Waals surface area contributed by atoms with Crippen LogP contribution in [-0.4, -0.2) is 56.4 Å². The number of carbonyl (C=O) groups is 1. The van der Waals surface area contributed by atoms with Gasteiger partial charge in [0.15, 0.2) is 0 Å². The van der Waals surface area contributed by atoms with E-state index in [1.54, 1.807) is 28.6 Å². The van der Waals surface area contributed by atoms with Gasteiger partial charge < -0.3 is 14.7 Å². The predicted octanol–water partition coefficient (Wildman–Crippen LogP) is 3.34. The molecule has 1 aromatic carbocycles. The summed E-state index contributed by atoms with van der Waals surface area (Å²) < 4.78 is 6.14. The van der Waals surface area contributed by atoms with Gasteiger partial charge in [0.2, 0.25) is 0 Å². The van der Waals surface area contributed by atoms with Crippen LogP contribution in [0, 0.1) is 0 Å². The van der Waals surface area contributed by atoms with Gasteiger partial charge in [-0.3, -0.25) is 14.9 Å². The molecule has 1 aliphatic heterocycles. The lowest BCUT2D eigenvalue weighted by Crippen LogP contribution is -2.51. The number of benzene rings is 1. The van der Waals surface area contributed by atoms with Gasteiger partial charge in [-0.2, -0.15) is 5.10 Å². The van der Waals surface area contributed by atoms with Crippen molar-refractivity contribution in [1.82, 2.24) is 20.1 Å². The second kappa shape index (κ2) is 7.89. The number of fused-ring (bicyclic) bond motifs is 1. The zero-order chi connectivity index (χ0) is 20.5. The molecule has 8 heteroatoms. The number of rotatable bonds is 4. The largest absolute Gasteiger partial charge is 0.487 e. The Morgan fingerprint density at radius 2 is 2.17 bits per heavy atom. The Labute approximate surface area is 176 Å². The Hall–Kier alpha value is -3.23. The van der Waals surface area contributed by atoms with E-state index in [1.165, 1.54) is 0 Å². The van der Waals surface area contributed by atoms with E-state index in [0.717, 1.165) is 15.8 Å². The van der Waals surface area contributed by atoms with Crippen molar-refractivity contribution in [2.75, 3.05) is 13.1 Å². The normalized spacial score (nSPS) is 19.2. The van der Waals surface area contributed by atoms with Crippen LogP contribution in [0.3, 0.4) is 0 Å². The first-order chi connectivity index (χ1) is 14.7. The molecule has 1 aliphatic rings. The number of amides is 1. The quantitative estimate of drug-likeness (QED) is 0.528. The number of aliphatic hydroxyl groups is 1. The Bertz CT molecular complexity index is 1170. The topological polar surface area (TPSA) is 91.3 Å². The molecule has 30 heavy (non-hydrogen) atoms. The molecular weight excluding hydrogens is 400 g/mol. The number of aliphatic hydroxyl groups excluding tert-OH is 1. The van der Waals surface area contributed by atoms with Crippen LogP contribution in [0.5, 0.6) is 5.75 Å². The fourth-order valence-electron chi connectivity index (χ4n) is 3.80. The van der Waals surface area contributed by atoms with Gasteiger partial charge in [0.1, 0.15) is 18.0 Å². The standard InChI is InChI=1S/C22H20N4O3S/c27-17-13-26(22(28)15-12-24-25-21(15)20-7-3-11-30-20)10-8-19(17)29-18-6-1-5-16-14(18)4-2-9-23-16/h1-7,9,11-12,17,19,27H,8,10,13H2,(H,24,25)/t17-,19-/m1/s1. The summed E-state index contributed by atoms with van der Waals surface area (Å²) in [4.78, 5) is 20.0. The number of pyridine rings is 1. The fourth-order valence-corrected chi connectivity index (χ4v) is 4.53. The number of aromatic amines is 1. The van der Waals surface area contributed by atoms with Crippen molar-refractivity contribution in [3.8, 4) is 16.3 Å². The van der Waals surface area contributed by atoms with Crippen molar-refractivity contribution in [2.45, 2.75) is 18.6 Å². The number of likely N-dealkylation sites (tertiary alicyclic amines) is 1. The minimum atomic E-state index is -0.785. The highest BCUT2D eigenvalue weighted by Crippen LogP contribution is 2.29. The van der Waals surface area contributed by atoms with E-state index in [9.17, 15) is 9.90 Å². The molecule has 2 atom stereocenters. The fraction of sp³-hybridized carbons (Fsp3) is 0.227. The van der Waals surface area contributed by atoms with Gasteiger partial charge >= 0.3 is 0 Å². The number of carbonyl (C=O) groups excluding carboxylic acids is 1. The third-order valence-corrected chi connectivity index (χ3v) is 6.22. The highest BCUT2D eigenvalue weighted by atomic mass is 32.1. The summed E-state index contributed by atoms with van der Waals surface area (Å²) in [7, 11) is 0. The van der Waals surface area contributed by atoms with Gasteiger partial charge in [-0.05, 0) is 35.7 Å². The molecule has 4 aromatic rings. The van der Waals surface area contributed by atoms with Crippen LogP contribution in [0.2, 0.25) is 0 Å². The van der Waals surface area contributed by atoms with E-state index in [0.29, 0.717) is 30.0 Å². The Morgan fingerprint density at radius 3 is 3.00 bits per heavy atom. The van der Waals surface area contributed by atoms with Crippen molar-refractivity contribution in [1.29, 1.82) is 0 Å². The van der Waals surface area contributed by atoms with Crippen LogP contribution in [-0.2, 0) is 0 Å². The average Bonchev–Trinajstić information content (AvgIpc) is 3.46. The number of nitrogens with zero attached hydrogens (tertiary/aromatic N) is 3. The molecule has 0 spiro atoms. The third kappa shape index (κ3) is 3.44. The highest BCUT2D eigenvalue weighted by molar-refractivity contribution is 7.13. The van der Waals surface area contributed by atoms with Gasteiger partial charge in [-0.25, -0.2) is 0 Å². The number of thiophene rings is 1. The smallest absolute Gasteiger partial charge is 0.257 e. The summed E-state index contributed by atoms with van der Waals surface area (Å²) in [5.41, 5.74) is 2.08. The number of H-pyrrole nitrogens is 1. The molecule has 0 bridgehead atoms. The number of hydrogen-bond acceptors (Lipinski definition) is 6. The van der Waals surface area contributed by atoms with Crippen molar-refractivity contribution >= 4 is 28.1 Å². The molecule has 1 saturated heterocycles. The maximum Gasteiger partial charge on any atom is 0.257 e. The van der Waals surface area contributed by atoms with Crippen LogP contribution in [0.1, 0.15) is 16.8 Å². The van der Waals surface area contributed by atoms with Crippen molar-refractivity contribution in [3.63, 3.8) is 0 Å². The zero-order valence-electron chi connectivity index (χ0n) is 16.1. The lowest BCUT2D eigenvalue weighted by atomic mass is 10.0. The summed E-state index contributed by atoms with van der Waals surface area (Å²) in [6.07, 6.45) is 2.66. The zero-order valence-corrected chi connectivity index (χ0v) is 16.9.